The molecule has 0 spiro atoms. The van der Waals surface area contributed by atoms with Crippen LogP contribution < -0.4 is 17.2 Å². The number of rotatable bonds is 0. The smallest absolute Gasteiger partial charge is 0.106 e. The van der Waals surface area contributed by atoms with Gasteiger partial charge in [0.1, 0.15) is 6.79 Å². The summed E-state index contributed by atoms with van der Waals surface area (Å²) in [5.74, 6) is 0. The van der Waals surface area contributed by atoms with Gasteiger partial charge in [-0.1, -0.05) is 19.3 Å². The summed E-state index contributed by atoms with van der Waals surface area (Å²) >= 11 is 0. The van der Waals surface area contributed by atoms with Crippen LogP contribution in [0, 0.1) is 0 Å². The zero-order valence-corrected chi connectivity index (χ0v) is 11.4. The zero-order chi connectivity index (χ0) is 13.1. The molecule has 0 saturated heterocycles. The Kier molecular flexibility index (Phi) is 14.3. The lowest BCUT2D eigenvalue weighted by Crippen LogP contribution is -2.27. The first-order valence-electron chi connectivity index (χ1n) is 6.74. The largest absolute Gasteiger partial charge is 0.412 e. The van der Waals surface area contributed by atoms with Gasteiger partial charge in [0.25, 0.3) is 0 Å². The molecule has 110 valence electrons. The maximum Gasteiger partial charge on any atom is 0.106 e. The van der Waals surface area contributed by atoms with Gasteiger partial charge < -0.3 is 27.5 Å². The number of hydrogen-bond acceptors (Lipinski definition) is 4. The molecule has 0 aromatic carbocycles. The summed E-state index contributed by atoms with van der Waals surface area (Å²) < 4.78 is 0. The maximum absolute atomic E-state index is 8.00. The van der Waals surface area contributed by atoms with Crippen molar-refractivity contribution in [3.05, 3.63) is 0 Å². The van der Waals surface area contributed by atoms with Gasteiger partial charge in [0.2, 0.25) is 0 Å². The quantitative estimate of drug-likeness (QED) is 0.586. The van der Waals surface area contributed by atoms with Crippen molar-refractivity contribution in [2.24, 2.45) is 17.2 Å². The molecule has 1 aliphatic rings. The van der Waals surface area contributed by atoms with E-state index < -0.39 is 0 Å². The molecule has 0 aromatic rings. The summed E-state index contributed by atoms with van der Waals surface area (Å²) in [6, 6.07) is 1.09. The second kappa shape index (κ2) is 13.0. The highest BCUT2D eigenvalue weighted by Gasteiger charge is 2.10. The van der Waals surface area contributed by atoms with Crippen LogP contribution in [0.15, 0.2) is 0 Å². The minimum Gasteiger partial charge on any atom is -0.412 e. The van der Waals surface area contributed by atoms with Gasteiger partial charge in [-0.25, -0.2) is 0 Å². The van der Waals surface area contributed by atoms with Crippen molar-refractivity contribution >= 4 is 6.79 Å². The monoisotopic (exact) mass is 261 g/mol. The van der Waals surface area contributed by atoms with E-state index in [2.05, 4.69) is 0 Å². The molecule has 0 bridgehead atoms. The number of hydrogen-bond donors (Lipinski definition) is 3. The van der Waals surface area contributed by atoms with Crippen molar-refractivity contribution in [2.75, 3.05) is 0 Å². The molecule has 1 fully saturated rings. The Morgan fingerprint density at radius 3 is 0.944 bits per heavy atom. The molecule has 1 rings (SSSR count). The number of nitrogens with two attached hydrogens (primary N) is 3. The molecule has 8 N–H and O–H groups in total. The molecule has 0 atom stereocenters. The molecule has 0 unspecified atom stereocenters. The van der Waals surface area contributed by atoms with Gasteiger partial charge in [0.05, 0.1) is 0 Å². The highest BCUT2D eigenvalue weighted by atomic mass is 16.1. The third-order valence-corrected chi connectivity index (χ3v) is 3.45. The van der Waals surface area contributed by atoms with Crippen LogP contribution in [0.5, 0.6) is 0 Å². The van der Waals surface area contributed by atoms with Crippen molar-refractivity contribution < 1.29 is 10.3 Å². The molecule has 5 heteroatoms. The van der Waals surface area contributed by atoms with Gasteiger partial charge in [-0.05, 0) is 38.5 Å². The molecular weight excluding hydrogens is 230 g/mol. The summed E-state index contributed by atoms with van der Waals surface area (Å²) in [6.07, 6.45) is 10.3. The average Bonchev–Trinajstić information content (AvgIpc) is 2.30. The van der Waals surface area contributed by atoms with Gasteiger partial charge in [-0.2, -0.15) is 0 Å². The molecule has 0 radical (unpaired) electrons. The molecule has 5 nitrogen and oxygen atoms in total. The van der Waals surface area contributed by atoms with Crippen molar-refractivity contribution in [3.63, 3.8) is 0 Å². The first-order chi connectivity index (χ1) is 8.18. The van der Waals surface area contributed by atoms with Crippen LogP contribution in [0.3, 0.4) is 0 Å². The Labute approximate surface area is 111 Å². The Morgan fingerprint density at radius 2 is 0.778 bits per heavy atom. The summed E-state index contributed by atoms with van der Waals surface area (Å²) in [5, 5.41) is 0. The van der Waals surface area contributed by atoms with Crippen LogP contribution in [0.1, 0.15) is 57.8 Å². The minimum absolute atomic E-state index is 0. The Hall–Kier alpha value is -0.490. The van der Waals surface area contributed by atoms with Crippen LogP contribution in [-0.2, 0) is 4.79 Å². The molecule has 0 heterocycles. The van der Waals surface area contributed by atoms with Crippen LogP contribution in [0.2, 0.25) is 0 Å². The number of carbonyl (C=O) groups is 1. The van der Waals surface area contributed by atoms with Crippen LogP contribution in [0.4, 0.5) is 0 Å². The fourth-order valence-electron chi connectivity index (χ4n) is 2.36. The molecule has 0 aliphatic heterocycles. The zero-order valence-electron chi connectivity index (χ0n) is 11.4. The van der Waals surface area contributed by atoms with Crippen molar-refractivity contribution in [2.45, 2.75) is 75.9 Å². The van der Waals surface area contributed by atoms with Gasteiger partial charge in [-0.15, -0.1) is 0 Å². The van der Waals surface area contributed by atoms with Crippen molar-refractivity contribution in [1.29, 1.82) is 0 Å². The summed E-state index contributed by atoms with van der Waals surface area (Å²) in [5.41, 5.74) is 18.1. The van der Waals surface area contributed by atoms with Crippen LogP contribution >= 0.6 is 0 Å². The van der Waals surface area contributed by atoms with E-state index in [0.29, 0.717) is 18.1 Å². The lowest BCUT2D eigenvalue weighted by atomic mass is 9.95. The van der Waals surface area contributed by atoms with E-state index in [9.17, 15) is 0 Å². The lowest BCUT2D eigenvalue weighted by molar-refractivity contribution is -0.0979. The van der Waals surface area contributed by atoms with Gasteiger partial charge in [-0.3, -0.25) is 0 Å². The lowest BCUT2D eigenvalue weighted by Gasteiger charge is -2.18. The maximum atomic E-state index is 8.00. The Balaban J connectivity index is 0. The fourth-order valence-corrected chi connectivity index (χ4v) is 2.36. The van der Waals surface area contributed by atoms with Crippen LogP contribution in [-0.4, -0.2) is 30.4 Å². The van der Waals surface area contributed by atoms with E-state index in [-0.39, 0.29) is 5.48 Å². The normalized spacial score (nSPS) is 30.7. The second-order valence-electron chi connectivity index (χ2n) is 5.07. The predicted octanol–water partition coefficient (Wildman–Crippen LogP) is 0.483. The molecule has 1 aliphatic carbocycles. The standard InChI is InChI=1S/C12H27N3.CH2O.H2O/c13-10-4-1-5-11(14)7-3-9-12(15)8-2-6-10;1-2;/h10-12H,1-9,13-15H2;1H2;1H2. The van der Waals surface area contributed by atoms with Crippen molar-refractivity contribution in [3.8, 4) is 0 Å². The third kappa shape index (κ3) is 10.7. The minimum atomic E-state index is 0. The van der Waals surface area contributed by atoms with E-state index in [1.54, 1.807) is 0 Å². The number of carbonyl (C=O) groups excluding carboxylic acids is 1. The highest BCUT2D eigenvalue weighted by Crippen LogP contribution is 2.15. The summed E-state index contributed by atoms with van der Waals surface area (Å²) in [7, 11) is 0. The van der Waals surface area contributed by atoms with Gasteiger partial charge in [0, 0.05) is 18.1 Å². The van der Waals surface area contributed by atoms with Crippen LogP contribution in [0.25, 0.3) is 0 Å². The molecular formula is C13H31N3O2. The SMILES string of the molecule is C=O.NC1CCCC(N)CCCC(N)CCC1.O. The topological polar surface area (TPSA) is 127 Å². The first kappa shape index (κ1) is 19.8. The van der Waals surface area contributed by atoms with E-state index >= 15 is 0 Å². The Bertz CT molecular complexity index is 141. The van der Waals surface area contributed by atoms with E-state index in [1.165, 1.54) is 19.3 Å². The fraction of sp³-hybridized carbons (Fsp3) is 0.923. The molecule has 0 aromatic heterocycles. The summed E-state index contributed by atoms with van der Waals surface area (Å²) in [6.45, 7) is 2.00. The summed E-state index contributed by atoms with van der Waals surface area (Å²) in [4.78, 5) is 8.00. The first-order valence-corrected chi connectivity index (χ1v) is 6.74. The van der Waals surface area contributed by atoms with Crippen molar-refractivity contribution in [1.82, 2.24) is 0 Å². The predicted molar refractivity (Wildman–Crippen MR) is 76.2 cm³/mol. The van der Waals surface area contributed by atoms with E-state index in [0.717, 1.165) is 38.5 Å². The molecule has 1 saturated carbocycles. The van der Waals surface area contributed by atoms with Gasteiger partial charge in [0.15, 0.2) is 0 Å². The average molecular weight is 261 g/mol. The molecule has 0 amide bonds. The van der Waals surface area contributed by atoms with Gasteiger partial charge >= 0.3 is 0 Å². The molecule has 18 heavy (non-hydrogen) atoms. The van der Waals surface area contributed by atoms with E-state index in [4.69, 9.17) is 22.0 Å². The second-order valence-corrected chi connectivity index (χ2v) is 5.07. The van der Waals surface area contributed by atoms with E-state index in [1.807, 2.05) is 6.79 Å². The third-order valence-electron chi connectivity index (χ3n) is 3.45. The Morgan fingerprint density at radius 1 is 0.611 bits per heavy atom. The highest BCUT2D eigenvalue weighted by molar-refractivity contribution is 5.10.